The Bertz CT molecular complexity index is 1070. The van der Waals surface area contributed by atoms with Crippen molar-refractivity contribution in [1.82, 2.24) is 4.90 Å². The monoisotopic (exact) mass is 544 g/mol. The summed E-state index contributed by atoms with van der Waals surface area (Å²) in [6, 6.07) is 5.36. The number of rotatable bonds is 13. The van der Waals surface area contributed by atoms with Gasteiger partial charge in [-0.25, -0.2) is 0 Å². The standard InChI is InChI=1S/C29H37ClN2O6/c1-4-7-8-11-17-37-28(36)23-22-14-15-29(38-22)24(23)26(34)32(19(6-3)18-33)25(29)27(35)31(16-5-2)21-13-10-9-12-20(21)30/h4-5,9-10,12-13,19,22-25,33H,1-2,6-8,11,14-18H2,3H3/t19-,22-,23+,24-,25?,29?/m0/s1. The highest BCUT2D eigenvalue weighted by Crippen LogP contribution is 2.59. The van der Waals surface area contributed by atoms with E-state index in [9.17, 15) is 19.5 Å². The van der Waals surface area contributed by atoms with Crippen LogP contribution in [0.3, 0.4) is 0 Å². The molecular weight excluding hydrogens is 508 g/mol. The van der Waals surface area contributed by atoms with Gasteiger partial charge in [-0.2, -0.15) is 0 Å². The van der Waals surface area contributed by atoms with Crippen LogP contribution in [0.15, 0.2) is 49.6 Å². The van der Waals surface area contributed by atoms with Crippen molar-refractivity contribution in [2.75, 3.05) is 24.7 Å². The highest BCUT2D eigenvalue weighted by molar-refractivity contribution is 6.34. The van der Waals surface area contributed by atoms with Gasteiger partial charge in [0.1, 0.15) is 11.6 Å². The van der Waals surface area contributed by atoms with E-state index in [2.05, 4.69) is 13.2 Å². The molecule has 4 rings (SSSR count). The highest BCUT2D eigenvalue weighted by atomic mass is 35.5. The average molecular weight is 545 g/mol. The summed E-state index contributed by atoms with van der Waals surface area (Å²) in [5.41, 5.74) is -0.694. The van der Waals surface area contributed by atoms with Crippen LogP contribution in [0.1, 0.15) is 45.4 Å². The van der Waals surface area contributed by atoms with Crippen LogP contribution in [0.2, 0.25) is 5.02 Å². The molecule has 0 saturated carbocycles. The second-order valence-corrected chi connectivity index (χ2v) is 10.6. The largest absolute Gasteiger partial charge is 0.465 e. The lowest BCUT2D eigenvalue weighted by Crippen LogP contribution is -2.59. The first-order chi connectivity index (χ1) is 18.4. The van der Waals surface area contributed by atoms with Crippen molar-refractivity contribution in [1.29, 1.82) is 0 Å². The molecule has 0 aliphatic carbocycles. The third-order valence-corrected chi connectivity index (χ3v) is 8.41. The predicted molar refractivity (Wildman–Crippen MR) is 145 cm³/mol. The van der Waals surface area contributed by atoms with E-state index < -0.39 is 41.6 Å². The molecule has 6 atom stereocenters. The van der Waals surface area contributed by atoms with E-state index in [1.807, 2.05) is 13.0 Å². The lowest BCUT2D eigenvalue weighted by molar-refractivity contribution is -0.156. The second kappa shape index (κ2) is 12.0. The third kappa shape index (κ3) is 4.78. The molecule has 38 heavy (non-hydrogen) atoms. The van der Waals surface area contributed by atoms with Crippen LogP contribution in [-0.4, -0.2) is 71.3 Å². The van der Waals surface area contributed by atoms with Crippen molar-refractivity contribution >= 4 is 35.1 Å². The van der Waals surface area contributed by atoms with Crippen LogP contribution in [0.4, 0.5) is 5.69 Å². The molecule has 1 spiro atoms. The number of esters is 1. The number of benzene rings is 1. The summed E-state index contributed by atoms with van der Waals surface area (Å²) >= 11 is 6.47. The summed E-state index contributed by atoms with van der Waals surface area (Å²) in [6.07, 6.45) is 6.74. The topological polar surface area (TPSA) is 96.4 Å². The third-order valence-electron chi connectivity index (χ3n) is 8.09. The van der Waals surface area contributed by atoms with Gasteiger partial charge in [0.15, 0.2) is 0 Å². The molecule has 2 bridgehead atoms. The molecule has 3 heterocycles. The summed E-state index contributed by atoms with van der Waals surface area (Å²) in [6.45, 7) is 9.46. The van der Waals surface area contributed by atoms with Crippen molar-refractivity contribution in [3.63, 3.8) is 0 Å². The zero-order valence-electron chi connectivity index (χ0n) is 21.9. The van der Waals surface area contributed by atoms with Crippen LogP contribution in [0.25, 0.3) is 0 Å². The Morgan fingerprint density at radius 3 is 2.74 bits per heavy atom. The van der Waals surface area contributed by atoms with E-state index in [1.165, 1.54) is 9.80 Å². The summed E-state index contributed by atoms with van der Waals surface area (Å²) in [5, 5.41) is 10.6. The fourth-order valence-electron chi connectivity index (χ4n) is 6.36. The Kier molecular flexibility index (Phi) is 8.96. The zero-order valence-corrected chi connectivity index (χ0v) is 22.6. The van der Waals surface area contributed by atoms with E-state index in [1.54, 1.807) is 30.3 Å². The number of ether oxygens (including phenoxy) is 2. The van der Waals surface area contributed by atoms with Gasteiger partial charge in [-0.05, 0) is 50.7 Å². The lowest BCUT2D eigenvalue weighted by atomic mass is 9.70. The number of allylic oxidation sites excluding steroid dienone is 1. The summed E-state index contributed by atoms with van der Waals surface area (Å²) in [4.78, 5) is 44.7. The van der Waals surface area contributed by atoms with Crippen LogP contribution in [0.5, 0.6) is 0 Å². The maximum atomic E-state index is 14.4. The number of hydrogen-bond acceptors (Lipinski definition) is 6. The highest BCUT2D eigenvalue weighted by Gasteiger charge is 2.75. The molecule has 3 fully saturated rings. The molecule has 3 saturated heterocycles. The van der Waals surface area contributed by atoms with Crippen LogP contribution >= 0.6 is 11.6 Å². The molecule has 0 aromatic heterocycles. The molecule has 3 aliphatic heterocycles. The molecule has 206 valence electrons. The average Bonchev–Trinajstić information content (AvgIpc) is 3.56. The van der Waals surface area contributed by atoms with Crippen molar-refractivity contribution < 1.29 is 29.0 Å². The molecule has 1 N–H and O–H groups in total. The number of unbranched alkanes of at least 4 members (excludes halogenated alkanes) is 2. The van der Waals surface area contributed by atoms with Gasteiger partial charge in [0.2, 0.25) is 5.91 Å². The maximum Gasteiger partial charge on any atom is 0.312 e. The van der Waals surface area contributed by atoms with Gasteiger partial charge in [0.05, 0.1) is 47.9 Å². The smallest absolute Gasteiger partial charge is 0.312 e. The van der Waals surface area contributed by atoms with Crippen molar-refractivity contribution in [3.8, 4) is 0 Å². The number of carbonyl (C=O) groups is 3. The van der Waals surface area contributed by atoms with E-state index in [-0.39, 0.29) is 31.6 Å². The van der Waals surface area contributed by atoms with E-state index in [0.717, 1.165) is 12.8 Å². The Balaban J connectivity index is 1.70. The number of likely N-dealkylation sites (tertiary alicyclic amines) is 1. The fourth-order valence-corrected chi connectivity index (χ4v) is 6.60. The number of halogens is 1. The molecule has 1 aromatic carbocycles. The van der Waals surface area contributed by atoms with E-state index in [0.29, 0.717) is 36.4 Å². The Morgan fingerprint density at radius 2 is 2.08 bits per heavy atom. The van der Waals surface area contributed by atoms with Crippen LogP contribution in [-0.2, 0) is 23.9 Å². The van der Waals surface area contributed by atoms with Gasteiger partial charge in [0.25, 0.3) is 5.91 Å². The maximum absolute atomic E-state index is 14.4. The Hall–Kier alpha value is -2.68. The number of para-hydroxylation sites is 1. The zero-order chi connectivity index (χ0) is 27.4. The number of aliphatic hydroxyl groups excluding tert-OH is 1. The number of hydrogen-bond donors (Lipinski definition) is 1. The molecule has 2 unspecified atom stereocenters. The number of anilines is 1. The molecule has 3 aliphatic rings. The first-order valence-corrected chi connectivity index (χ1v) is 13.8. The first-order valence-electron chi connectivity index (χ1n) is 13.4. The normalized spacial score (nSPS) is 28.2. The predicted octanol–water partition coefficient (Wildman–Crippen LogP) is 3.90. The lowest BCUT2D eigenvalue weighted by Gasteiger charge is -2.39. The number of amides is 2. The van der Waals surface area contributed by atoms with Crippen molar-refractivity contribution in [2.24, 2.45) is 11.8 Å². The van der Waals surface area contributed by atoms with Crippen molar-refractivity contribution in [2.45, 2.75) is 69.2 Å². The molecule has 9 heteroatoms. The number of aliphatic hydroxyl groups is 1. The SMILES string of the molecule is C=CCCCCOC(=O)[C@@H]1[C@@H]2CCC3(O2)C(C(=O)N(CC=C)c2ccccc2Cl)N([C@@H](CC)CO)C(=O)[C@H]13. The summed E-state index contributed by atoms with van der Waals surface area (Å²) < 4.78 is 12.1. The minimum atomic E-state index is -1.19. The molecule has 2 amide bonds. The number of carbonyl (C=O) groups excluding carboxylic acids is 3. The first kappa shape index (κ1) is 28.3. The molecule has 0 radical (unpaired) electrons. The fraction of sp³-hybridized carbons (Fsp3) is 0.552. The van der Waals surface area contributed by atoms with Crippen LogP contribution < -0.4 is 4.90 Å². The quantitative estimate of drug-likeness (QED) is 0.230. The molecule has 8 nitrogen and oxygen atoms in total. The number of nitrogens with zero attached hydrogens (tertiary/aromatic N) is 2. The number of fused-ring (bicyclic) bond motifs is 1. The van der Waals surface area contributed by atoms with Crippen molar-refractivity contribution in [3.05, 3.63) is 54.6 Å². The van der Waals surface area contributed by atoms with Gasteiger partial charge < -0.3 is 24.4 Å². The van der Waals surface area contributed by atoms with Gasteiger partial charge in [-0.1, -0.05) is 42.8 Å². The van der Waals surface area contributed by atoms with Crippen LogP contribution in [0, 0.1) is 11.8 Å². The van der Waals surface area contributed by atoms with Gasteiger partial charge in [-0.3, -0.25) is 14.4 Å². The minimum absolute atomic E-state index is 0.164. The summed E-state index contributed by atoms with van der Waals surface area (Å²) in [5.74, 6) is -2.83. The van der Waals surface area contributed by atoms with E-state index in [4.69, 9.17) is 21.1 Å². The molecular formula is C29H37ClN2O6. The molecule has 1 aromatic rings. The van der Waals surface area contributed by atoms with Gasteiger partial charge >= 0.3 is 5.97 Å². The van der Waals surface area contributed by atoms with E-state index >= 15 is 0 Å². The summed E-state index contributed by atoms with van der Waals surface area (Å²) in [7, 11) is 0. The van der Waals surface area contributed by atoms with Gasteiger partial charge in [-0.15, -0.1) is 13.2 Å². The minimum Gasteiger partial charge on any atom is -0.465 e. The van der Waals surface area contributed by atoms with Gasteiger partial charge in [0, 0.05) is 6.54 Å². The Labute approximate surface area is 229 Å². The second-order valence-electron chi connectivity index (χ2n) is 10.2. The Morgan fingerprint density at radius 1 is 1.32 bits per heavy atom.